The zero-order chi connectivity index (χ0) is 22.2. The van der Waals surface area contributed by atoms with Crippen LogP contribution in [0, 0.1) is 11.8 Å². The molecule has 2 bridgehead atoms. The van der Waals surface area contributed by atoms with Gasteiger partial charge in [0, 0.05) is 19.2 Å². The Balaban J connectivity index is 1.68. The lowest BCUT2D eigenvalue weighted by atomic mass is 9.65. The summed E-state index contributed by atoms with van der Waals surface area (Å²) in [4.78, 5) is 41.8. The minimum atomic E-state index is -1.00. The molecule has 0 aromatic heterocycles. The molecule has 4 rings (SSSR count). The largest absolute Gasteiger partial charge is 0.466 e. The molecule has 1 saturated carbocycles. The van der Waals surface area contributed by atoms with Crippen molar-refractivity contribution in [1.29, 1.82) is 0 Å². The highest BCUT2D eigenvalue weighted by molar-refractivity contribution is 5.98. The zero-order valence-electron chi connectivity index (χ0n) is 18.7. The van der Waals surface area contributed by atoms with Gasteiger partial charge in [0.05, 0.1) is 18.1 Å². The molecule has 174 valence electrons. The second-order valence-electron chi connectivity index (χ2n) is 9.54. The van der Waals surface area contributed by atoms with Crippen LogP contribution < -0.4 is 5.32 Å². The van der Waals surface area contributed by atoms with Crippen LogP contribution in [0.5, 0.6) is 0 Å². The van der Waals surface area contributed by atoms with Crippen molar-refractivity contribution in [3.05, 3.63) is 0 Å². The normalized spacial score (nSPS) is 37.2. The van der Waals surface area contributed by atoms with Crippen LogP contribution in [-0.4, -0.2) is 70.8 Å². The number of hydrogen-bond acceptors (Lipinski definition) is 6. The Kier molecular flexibility index (Phi) is 6.32. The highest BCUT2D eigenvalue weighted by Crippen LogP contribution is 2.64. The van der Waals surface area contributed by atoms with Gasteiger partial charge in [0.25, 0.3) is 0 Å². The first-order valence-electron chi connectivity index (χ1n) is 12.0. The third-order valence-corrected chi connectivity index (χ3v) is 7.98. The standard InChI is InChI=1S/C23H36N2O6/c1-3-22-11-12-23(31-22)16(17(22)21(29)30-4-2)20(28)25(13-8-14-26)18(23)19(27)24-15-9-6-5-7-10-15/h15-18,26H,3-14H2,1-2H3,(H,24,27)/t16-,17+,18?,22-,23?/m0/s1. The number of nitrogens with one attached hydrogen (secondary N) is 1. The second-order valence-corrected chi connectivity index (χ2v) is 9.54. The van der Waals surface area contributed by atoms with Gasteiger partial charge in [-0.05, 0) is 45.4 Å². The summed E-state index contributed by atoms with van der Waals surface area (Å²) in [6.07, 6.45) is 7.46. The van der Waals surface area contributed by atoms with Crippen LogP contribution in [-0.2, 0) is 23.9 Å². The van der Waals surface area contributed by atoms with E-state index in [0.29, 0.717) is 25.7 Å². The number of nitrogens with zero attached hydrogens (tertiary/aromatic N) is 1. The van der Waals surface area contributed by atoms with Crippen LogP contribution in [0.15, 0.2) is 0 Å². The Bertz CT molecular complexity index is 723. The minimum absolute atomic E-state index is 0.0700. The summed E-state index contributed by atoms with van der Waals surface area (Å²) in [5, 5.41) is 12.6. The Labute approximate surface area is 184 Å². The van der Waals surface area contributed by atoms with Gasteiger partial charge in [0.15, 0.2) is 0 Å². The Hall–Kier alpha value is -1.67. The molecule has 1 spiro atoms. The van der Waals surface area contributed by atoms with E-state index in [1.54, 1.807) is 11.8 Å². The van der Waals surface area contributed by atoms with Gasteiger partial charge < -0.3 is 24.8 Å². The number of aliphatic hydroxyl groups is 1. The SMILES string of the molecule is CCOC(=O)[C@H]1[C@H]2C(=O)N(CCCO)C(C(=O)NC3CCCCC3)C23CC[C@]1(CC)O3. The maximum absolute atomic E-state index is 13.6. The van der Waals surface area contributed by atoms with Crippen molar-refractivity contribution >= 4 is 17.8 Å². The van der Waals surface area contributed by atoms with Gasteiger partial charge in [-0.25, -0.2) is 0 Å². The molecule has 3 saturated heterocycles. The number of amides is 2. The third-order valence-electron chi connectivity index (χ3n) is 7.98. The molecule has 0 aromatic carbocycles. The molecule has 4 aliphatic rings. The summed E-state index contributed by atoms with van der Waals surface area (Å²) in [6.45, 7) is 4.17. The van der Waals surface area contributed by atoms with Crippen LogP contribution >= 0.6 is 0 Å². The summed E-state index contributed by atoms with van der Waals surface area (Å²) in [7, 11) is 0. The van der Waals surface area contributed by atoms with E-state index < -0.39 is 35.0 Å². The second kappa shape index (κ2) is 8.70. The molecule has 3 aliphatic heterocycles. The molecule has 8 nitrogen and oxygen atoms in total. The number of aliphatic hydroxyl groups excluding tert-OH is 1. The lowest BCUT2D eigenvalue weighted by molar-refractivity contribution is -0.160. The molecule has 31 heavy (non-hydrogen) atoms. The number of esters is 1. The summed E-state index contributed by atoms with van der Waals surface area (Å²) >= 11 is 0. The summed E-state index contributed by atoms with van der Waals surface area (Å²) in [5.41, 5.74) is -1.75. The monoisotopic (exact) mass is 436 g/mol. The minimum Gasteiger partial charge on any atom is -0.466 e. The zero-order valence-corrected chi connectivity index (χ0v) is 18.7. The lowest BCUT2D eigenvalue weighted by Gasteiger charge is -2.35. The molecule has 3 heterocycles. The first-order valence-corrected chi connectivity index (χ1v) is 12.0. The fourth-order valence-electron chi connectivity index (χ4n) is 6.62. The van der Waals surface area contributed by atoms with E-state index >= 15 is 0 Å². The lowest BCUT2D eigenvalue weighted by Crippen LogP contribution is -2.57. The van der Waals surface area contributed by atoms with Gasteiger partial charge in [0.1, 0.15) is 17.6 Å². The van der Waals surface area contributed by atoms with Crippen LogP contribution in [0.4, 0.5) is 0 Å². The van der Waals surface area contributed by atoms with Gasteiger partial charge in [-0.3, -0.25) is 14.4 Å². The van der Waals surface area contributed by atoms with E-state index in [0.717, 1.165) is 25.7 Å². The first kappa shape index (κ1) is 22.5. The summed E-state index contributed by atoms with van der Waals surface area (Å²) in [5.74, 6) is -2.20. The number of rotatable bonds is 8. The molecule has 0 aromatic rings. The van der Waals surface area contributed by atoms with Crippen LogP contribution in [0.2, 0.25) is 0 Å². The summed E-state index contributed by atoms with van der Waals surface area (Å²) in [6, 6.07) is -0.655. The highest BCUT2D eigenvalue weighted by Gasteiger charge is 2.78. The average Bonchev–Trinajstić information content (AvgIpc) is 3.37. The number of carbonyl (C=O) groups is 3. The average molecular weight is 437 g/mol. The molecule has 2 unspecified atom stereocenters. The Morgan fingerprint density at radius 3 is 2.61 bits per heavy atom. The molecule has 8 heteroatoms. The molecule has 0 radical (unpaired) electrons. The maximum atomic E-state index is 13.6. The van der Waals surface area contributed by atoms with Gasteiger partial charge >= 0.3 is 5.97 Å². The fraction of sp³-hybridized carbons (Fsp3) is 0.870. The van der Waals surface area contributed by atoms with Crippen molar-refractivity contribution in [2.45, 2.75) is 94.9 Å². The number of fused-ring (bicyclic) bond motifs is 1. The van der Waals surface area contributed by atoms with Crippen LogP contribution in [0.25, 0.3) is 0 Å². The smallest absolute Gasteiger partial charge is 0.312 e. The molecular formula is C23H36N2O6. The maximum Gasteiger partial charge on any atom is 0.312 e. The van der Waals surface area contributed by atoms with Gasteiger partial charge in [-0.15, -0.1) is 0 Å². The predicted molar refractivity (Wildman–Crippen MR) is 112 cm³/mol. The number of likely N-dealkylation sites (tertiary alicyclic amines) is 1. The molecular weight excluding hydrogens is 400 g/mol. The topological polar surface area (TPSA) is 105 Å². The highest BCUT2D eigenvalue weighted by atomic mass is 16.6. The van der Waals surface area contributed by atoms with Crippen molar-refractivity contribution < 1.29 is 29.0 Å². The first-order chi connectivity index (χ1) is 14.9. The van der Waals surface area contributed by atoms with Crippen molar-refractivity contribution in [3.8, 4) is 0 Å². The van der Waals surface area contributed by atoms with Crippen molar-refractivity contribution in [2.75, 3.05) is 19.8 Å². The molecule has 2 N–H and O–H groups in total. The number of carbonyl (C=O) groups excluding carboxylic acids is 3. The Morgan fingerprint density at radius 2 is 1.97 bits per heavy atom. The van der Waals surface area contributed by atoms with E-state index in [1.807, 2.05) is 6.92 Å². The molecule has 4 fully saturated rings. The van der Waals surface area contributed by atoms with Crippen molar-refractivity contribution in [1.82, 2.24) is 10.2 Å². The van der Waals surface area contributed by atoms with Gasteiger partial charge in [0.2, 0.25) is 11.8 Å². The number of ether oxygens (including phenoxy) is 2. The third kappa shape index (κ3) is 3.46. The summed E-state index contributed by atoms with van der Waals surface area (Å²) < 4.78 is 12.0. The van der Waals surface area contributed by atoms with E-state index in [2.05, 4.69) is 5.32 Å². The van der Waals surface area contributed by atoms with E-state index in [1.165, 1.54) is 6.42 Å². The van der Waals surface area contributed by atoms with E-state index in [9.17, 15) is 19.5 Å². The molecule has 1 aliphatic carbocycles. The molecule has 2 amide bonds. The van der Waals surface area contributed by atoms with Crippen molar-refractivity contribution in [3.63, 3.8) is 0 Å². The Morgan fingerprint density at radius 1 is 1.23 bits per heavy atom. The molecule has 5 atom stereocenters. The van der Waals surface area contributed by atoms with Crippen LogP contribution in [0.1, 0.15) is 71.6 Å². The van der Waals surface area contributed by atoms with Crippen molar-refractivity contribution in [2.24, 2.45) is 11.8 Å². The van der Waals surface area contributed by atoms with E-state index in [4.69, 9.17) is 9.47 Å². The fourth-order valence-corrected chi connectivity index (χ4v) is 6.62. The predicted octanol–water partition coefficient (Wildman–Crippen LogP) is 1.54. The van der Waals surface area contributed by atoms with Gasteiger partial charge in [-0.2, -0.15) is 0 Å². The van der Waals surface area contributed by atoms with Crippen LogP contribution in [0.3, 0.4) is 0 Å². The quantitative estimate of drug-likeness (QED) is 0.559. The van der Waals surface area contributed by atoms with E-state index in [-0.39, 0.29) is 37.6 Å². The van der Waals surface area contributed by atoms with Gasteiger partial charge in [-0.1, -0.05) is 26.2 Å². The number of hydrogen-bond donors (Lipinski definition) is 2.